The molecule has 174 valence electrons. The zero-order valence-electron chi connectivity index (χ0n) is 19.6. The number of nitrogens with one attached hydrogen (secondary N) is 2. The van der Waals surface area contributed by atoms with Crippen LogP contribution < -0.4 is 10.6 Å². The van der Waals surface area contributed by atoms with Crippen molar-refractivity contribution in [2.24, 2.45) is 0 Å². The highest BCUT2D eigenvalue weighted by molar-refractivity contribution is 5.89. The summed E-state index contributed by atoms with van der Waals surface area (Å²) in [5.74, 6) is 0. The van der Waals surface area contributed by atoms with E-state index >= 15 is 0 Å². The molecule has 1 heterocycles. The van der Waals surface area contributed by atoms with Gasteiger partial charge in [-0.2, -0.15) is 0 Å². The van der Waals surface area contributed by atoms with Gasteiger partial charge in [-0.05, 0) is 62.9 Å². The average molecular weight is 439 g/mol. The first-order valence-electron chi connectivity index (χ1n) is 11.9. The van der Waals surface area contributed by atoms with Crippen molar-refractivity contribution in [3.05, 3.63) is 60.2 Å². The van der Waals surface area contributed by atoms with Crippen LogP contribution in [0.25, 0.3) is 0 Å². The molecule has 32 heavy (non-hydrogen) atoms. The molecular formula is C26H38N4O2. The molecule has 0 aliphatic carbocycles. The van der Waals surface area contributed by atoms with Crippen molar-refractivity contribution in [3.63, 3.8) is 0 Å². The van der Waals surface area contributed by atoms with Gasteiger partial charge >= 0.3 is 6.03 Å². The monoisotopic (exact) mass is 438 g/mol. The summed E-state index contributed by atoms with van der Waals surface area (Å²) in [5, 5.41) is 15.5. The van der Waals surface area contributed by atoms with E-state index < -0.39 is 6.23 Å². The van der Waals surface area contributed by atoms with E-state index in [4.69, 9.17) is 0 Å². The molecule has 1 saturated heterocycles. The summed E-state index contributed by atoms with van der Waals surface area (Å²) < 4.78 is 0. The standard InChI is InChI=1S/C26H38N4O2/c1-4-8-20(2)29-17-15-25(16-18-29)30(19-22-9-6-5-7-10-22)26(32)28-24-13-11-23(12-14-24)27-21(3)31/h5-7,9-14,20-21,25,27,31H,4,8,15-19H2,1-3H3,(H,28,32). The lowest BCUT2D eigenvalue weighted by Crippen LogP contribution is -2.50. The first-order chi connectivity index (χ1) is 15.5. The zero-order chi connectivity index (χ0) is 22.9. The highest BCUT2D eigenvalue weighted by Crippen LogP contribution is 2.23. The number of rotatable bonds is 9. The van der Waals surface area contributed by atoms with Gasteiger partial charge in [0, 0.05) is 43.1 Å². The second-order valence-electron chi connectivity index (χ2n) is 8.85. The number of carbonyl (C=O) groups excluding carboxylic acids is 1. The number of likely N-dealkylation sites (tertiary alicyclic amines) is 1. The van der Waals surface area contributed by atoms with Crippen LogP contribution in [-0.2, 0) is 6.54 Å². The van der Waals surface area contributed by atoms with E-state index in [-0.39, 0.29) is 12.1 Å². The Bertz CT molecular complexity index is 817. The van der Waals surface area contributed by atoms with Crippen molar-refractivity contribution in [3.8, 4) is 0 Å². The molecule has 1 aliphatic rings. The van der Waals surface area contributed by atoms with Gasteiger partial charge in [-0.25, -0.2) is 4.79 Å². The average Bonchev–Trinajstić information content (AvgIpc) is 2.79. The third-order valence-corrected chi connectivity index (χ3v) is 6.24. The summed E-state index contributed by atoms with van der Waals surface area (Å²) in [5.41, 5.74) is 2.70. The molecule has 3 N–H and O–H groups in total. The summed E-state index contributed by atoms with van der Waals surface area (Å²) in [6.07, 6.45) is 3.79. The second-order valence-corrected chi connectivity index (χ2v) is 8.85. The maximum Gasteiger partial charge on any atom is 0.322 e. The Kier molecular flexibility index (Phi) is 8.94. The first-order valence-corrected chi connectivity index (χ1v) is 11.9. The molecule has 0 spiro atoms. The third-order valence-electron chi connectivity index (χ3n) is 6.24. The number of nitrogens with zero attached hydrogens (tertiary/aromatic N) is 2. The lowest BCUT2D eigenvalue weighted by Gasteiger charge is -2.40. The number of amides is 2. The fourth-order valence-corrected chi connectivity index (χ4v) is 4.47. The number of anilines is 2. The molecule has 0 radical (unpaired) electrons. The lowest BCUT2D eigenvalue weighted by molar-refractivity contribution is 0.0989. The zero-order valence-corrected chi connectivity index (χ0v) is 19.6. The topological polar surface area (TPSA) is 67.8 Å². The Morgan fingerprint density at radius 1 is 1.06 bits per heavy atom. The van der Waals surface area contributed by atoms with Crippen LogP contribution >= 0.6 is 0 Å². The fourth-order valence-electron chi connectivity index (χ4n) is 4.47. The minimum Gasteiger partial charge on any atom is -0.374 e. The molecule has 6 heteroatoms. The van der Waals surface area contributed by atoms with E-state index in [1.165, 1.54) is 12.8 Å². The van der Waals surface area contributed by atoms with Crippen LogP contribution in [0.3, 0.4) is 0 Å². The fraction of sp³-hybridized carbons (Fsp3) is 0.500. The lowest BCUT2D eigenvalue weighted by atomic mass is 10.00. The normalized spacial score (nSPS) is 16.9. The molecule has 0 aromatic heterocycles. The van der Waals surface area contributed by atoms with Gasteiger partial charge in [0.05, 0.1) is 0 Å². The molecule has 0 saturated carbocycles. The molecule has 1 fully saturated rings. The number of hydrogen-bond donors (Lipinski definition) is 3. The summed E-state index contributed by atoms with van der Waals surface area (Å²) in [4.78, 5) is 17.9. The van der Waals surface area contributed by atoms with Crippen LogP contribution in [0.1, 0.15) is 52.0 Å². The number of benzene rings is 2. The van der Waals surface area contributed by atoms with Crippen molar-refractivity contribution >= 4 is 17.4 Å². The highest BCUT2D eigenvalue weighted by atomic mass is 16.3. The van der Waals surface area contributed by atoms with Crippen molar-refractivity contribution in [2.45, 2.75) is 71.3 Å². The Balaban J connectivity index is 1.68. The minimum absolute atomic E-state index is 0.0647. The molecule has 2 aromatic rings. The number of carbonyl (C=O) groups is 1. The van der Waals surface area contributed by atoms with E-state index in [1.54, 1.807) is 6.92 Å². The molecule has 2 unspecified atom stereocenters. The number of aliphatic hydroxyl groups is 1. The smallest absolute Gasteiger partial charge is 0.322 e. The van der Waals surface area contributed by atoms with Gasteiger partial charge in [0.1, 0.15) is 6.23 Å². The van der Waals surface area contributed by atoms with Gasteiger partial charge in [0.25, 0.3) is 0 Å². The van der Waals surface area contributed by atoms with Crippen LogP contribution in [-0.4, -0.2) is 52.3 Å². The molecule has 2 aromatic carbocycles. The first kappa shape index (κ1) is 24.1. The van der Waals surface area contributed by atoms with Gasteiger partial charge in [-0.1, -0.05) is 43.7 Å². The maximum atomic E-state index is 13.3. The van der Waals surface area contributed by atoms with E-state index in [2.05, 4.69) is 41.5 Å². The van der Waals surface area contributed by atoms with Crippen molar-refractivity contribution in [1.29, 1.82) is 0 Å². The van der Waals surface area contributed by atoms with Gasteiger partial charge in [0.2, 0.25) is 0 Å². The maximum absolute atomic E-state index is 13.3. The SMILES string of the molecule is CCCC(C)N1CCC(N(Cc2ccccc2)C(=O)Nc2ccc(NC(C)O)cc2)CC1. The highest BCUT2D eigenvalue weighted by Gasteiger charge is 2.29. The van der Waals surface area contributed by atoms with Crippen LogP contribution in [0.4, 0.5) is 16.2 Å². The van der Waals surface area contributed by atoms with Crippen LogP contribution in [0.15, 0.2) is 54.6 Å². The third kappa shape index (κ3) is 6.97. The van der Waals surface area contributed by atoms with E-state index in [0.717, 1.165) is 42.9 Å². The molecule has 2 atom stereocenters. The van der Waals surface area contributed by atoms with Crippen molar-refractivity contribution in [1.82, 2.24) is 9.80 Å². The van der Waals surface area contributed by atoms with Gasteiger partial charge in [-0.3, -0.25) is 0 Å². The molecule has 6 nitrogen and oxygen atoms in total. The van der Waals surface area contributed by atoms with Crippen molar-refractivity contribution < 1.29 is 9.90 Å². The molecule has 1 aliphatic heterocycles. The summed E-state index contributed by atoms with van der Waals surface area (Å²) in [6.45, 7) is 8.89. The molecule has 0 bridgehead atoms. The van der Waals surface area contributed by atoms with Crippen LogP contribution in [0.2, 0.25) is 0 Å². The molecular weight excluding hydrogens is 400 g/mol. The summed E-state index contributed by atoms with van der Waals surface area (Å²) >= 11 is 0. The second kappa shape index (κ2) is 11.9. The van der Waals surface area contributed by atoms with Crippen molar-refractivity contribution in [2.75, 3.05) is 23.7 Å². The molecule has 3 rings (SSSR count). The predicted molar refractivity (Wildman–Crippen MR) is 132 cm³/mol. The minimum atomic E-state index is -0.622. The number of hydrogen-bond acceptors (Lipinski definition) is 4. The predicted octanol–water partition coefficient (Wildman–Crippen LogP) is 5.12. The Hall–Kier alpha value is -2.57. The van der Waals surface area contributed by atoms with Crippen LogP contribution in [0.5, 0.6) is 0 Å². The van der Waals surface area contributed by atoms with Gasteiger partial charge in [-0.15, -0.1) is 0 Å². The number of aliphatic hydroxyl groups excluding tert-OH is 1. The van der Waals surface area contributed by atoms with E-state index in [1.807, 2.05) is 47.4 Å². The summed E-state index contributed by atoms with van der Waals surface area (Å²) in [6, 6.07) is 18.4. The molecule has 2 amide bonds. The quantitative estimate of drug-likeness (QED) is 0.475. The Labute approximate surface area is 192 Å². The largest absolute Gasteiger partial charge is 0.374 e. The summed E-state index contributed by atoms with van der Waals surface area (Å²) in [7, 11) is 0. The van der Waals surface area contributed by atoms with Gasteiger partial charge in [0.15, 0.2) is 0 Å². The van der Waals surface area contributed by atoms with E-state index in [9.17, 15) is 9.90 Å². The van der Waals surface area contributed by atoms with Gasteiger partial charge < -0.3 is 25.5 Å². The Morgan fingerprint density at radius 3 is 2.28 bits per heavy atom. The number of piperidine rings is 1. The number of urea groups is 1. The van der Waals surface area contributed by atoms with Crippen LogP contribution in [0, 0.1) is 0 Å². The van der Waals surface area contributed by atoms with E-state index in [0.29, 0.717) is 12.6 Å². The Morgan fingerprint density at radius 2 is 1.69 bits per heavy atom.